The Balaban J connectivity index is 0.00000264. The van der Waals surface area contributed by atoms with E-state index in [1.54, 1.807) is 0 Å². The number of nitrogens with one attached hydrogen (secondary N) is 1. The fraction of sp³-hybridized carbons (Fsp3) is 0.529. The first-order valence-corrected chi connectivity index (χ1v) is 8.32. The predicted octanol–water partition coefficient (Wildman–Crippen LogP) is -1.14. The third-order valence-corrected chi connectivity index (χ3v) is 4.75. The highest BCUT2D eigenvalue weighted by Gasteiger charge is 2.42. The minimum atomic E-state index is -0.670. The van der Waals surface area contributed by atoms with E-state index in [4.69, 9.17) is 11.6 Å². The molecule has 0 unspecified atom stereocenters. The van der Waals surface area contributed by atoms with E-state index in [0.717, 1.165) is 37.8 Å². The molecule has 1 saturated carbocycles. The van der Waals surface area contributed by atoms with Crippen molar-refractivity contribution in [3.63, 3.8) is 0 Å². The zero-order valence-corrected chi connectivity index (χ0v) is 14.8. The SMILES string of the molecule is [Cl-].[NH3+]CCCC(=O)NC[C@@]1(c2ccccc2Cl)CCCCC1=O. The Labute approximate surface area is 148 Å². The van der Waals surface area contributed by atoms with Crippen molar-refractivity contribution in [1.82, 2.24) is 5.32 Å². The number of quaternary nitrogens is 1. The van der Waals surface area contributed by atoms with Gasteiger partial charge in [0.2, 0.25) is 5.91 Å². The molecule has 1 aliphatic carbocycles. The van der Waals surface area contributed by atoms with Crippen LogP contribution in [0.3, 0.4) is 0 Å². The number of carbonyl (C=O) groups is 2. The van der Waals surface area contributed by atoms with Crippen molar-refractivity contribution in [1.29, 1.82) is 0 Å². The summed E-state index contributed by atoms with van der Waals surface area (Å²) in [5.41, 5.74) is 3.92. The fourth-order valence-electron chi connectivity index (χ4n) is 3.13. The van der Waals surface area contributed by atoms with Gasteiger partial charge in [-0.15, -0.1) is 0 Å². The van der Waals surface area contributed by atoms with Gasteiger partial charge < -0.3 is 23.5 Å². The second-order valence-electron chi connectivity index (χ2n) is 5.93. The summed E-state index contributed by atoms with van der Waals surface area (Å²) >= 11 is 6.34. The van der Waals surface area contributed by atoms with Crippen LogP contribution in [0.1, 0.15) is 44.1 Å². The monoisotopic (exact) mass is 358 g/mol. The van der Waals surface area contributed by atoms with Crippen LogP contribution in [0.15, 0.2) is 24.3 Å². The van der Waals surface area contributed by atoms with E-state index < -0.39 is 5.41 Å². The maximum atomic E-state index is 12.7. The van der Waals surface area contributed by atoms with E-state index in [9.17, 15) is 9.59 Å². The van der Waals surface area contributed by atoms with E-state index >= 15 is 0 Å². The standard InChI is InChI=1S/C17H23ClN2O2.ClH/c18-14-7-2-1-6-13(14)17(10-4-3-8-15(17)21)12-20-16(22)9-5-11-19;/h1-2,6-7H,3-5,8-12,19H2,(H,20,22);1H/t17-;/m1./s1. The molecule has 0 aromatic heterocycles. The summed E-state index contributed by atoms with van der Waals surface area (Å²) in [6.07, 6.45) is 4.41. The first-order chi connectivity index (χ1) is 10.6. The minimum absolute atomic E-state index is 0. The number of Topliss-reactive ketones (excluding diaryl/α,β-unsaturated/α-hetero) is 1. The number of amides is 1. The molecular weight excluding hydrogens is 335 g/mol. The lowest BCUT2D eigenvalue weighted by Crippen LogP contribution is -3.00. The van der Waals surface area contributed by atoms with Crippen LogP contribution in [0.25, 0.3) is 0 Å². The highest BCUT2D eigenvalue weighted by atomic mass is 35.5. The van der Waals surface area contributed by atoms with Crippen molar-refractivity contribution in [2.24, 2.45) is 0 Å². The number of benzene rings is 1. The molecule has 1 aromatic carbocycles. The van der Waals surface area contributed by atoms with Gasteiger partial charge in [-0.3, -0.25) is 9.59 Å². The predicted molar refractivity (Wildman–Crippen MR) is 86.6 cm³/mol. The number of hydrogen-bond donors (Lipinski definition) is 2. The molecule has 6 heteroatoms. The maximum absolute atomic E-state index is 12.7. The number of rotatable bonds is 6. The van der Waals surface area contributed by atoms with Crippen molar-refractivity contribution < 1.29 is 27.7 Å². The van der Waals surface area contributed by atoms with Crippen molar-refractivity contribution in [2.75, 3.05) is 13.1 Å². The smallest absolute Gasteiger partial charge is 0.220 e. The molecule has 1 fully saturated rings. The number of hydrogen-bond acceptors (Lipinski definition) is 2. The van der Waals surface area contributed by atoms with Gasteiger partial charge in [0.05, 0.1) is 12.0 Å². The Morgan fingerprint density at radius 3 is 2.70 bits per heavy atom. The molecule has 0 aliphatic heterocycles. The molecule has 4 N–H and O–H groups in total. The van der Waals surface area contributed by atoms with Crippen LogP contribution in [-0.4, -0.2) is 24.8 Å². The third-order valence-electron chi connectivity index (χ3n) is 4.42. The van der Waals surface area contributed by atoms with Crippen LogP contribution >= 0.6 is 11.6 Å². The van der Waals surface area contributed by atoms with Gasteiger partial charge in [0.15, 0.2) is 0 Å². The summed E-state index contributed by atoms with van der Waals surface area (Å²) in [5, 5.41) is 3.54. The Morgan fingerprint density at radius 1 is 1.30 bits per heavy atom. The van der Waals surface area contributed by atoms with Gasteiger partial charge in [-0.1, -0.05) is 36.2 Å². The quantitative estimate of drug-likeness (QED) is 0.674. The lowest BCUT2D eigenvalue weighted by atomic mass is 9.68. The molecule has 1 aromatic rings. The normalized spacial score (nSPS) is 20.7. The molecule has 4 nitrogen and oxygen atoms in total. The molecule has 0 radical (unpaired) electrons. The first-order valence-electron chi connectivity index (χ1n) is 7.94. The van der Waals surface area contributed by atoms with Crippen molar-refractivity contribution in [3.8, 4) is 0 Å². The Kier molecular flexibility index (Phi) is 8.03. The van der Waals surface area contributed by atoms with Gasteiger partial charge in [0.1, 0.15) is 5.78 Å². The van der Waals surface area contributed by atoms with E-state index in [1.165, 1.54) is 0 Å². The molecule has 1 atom stereocenters. The third kappa shape index (κ3) is 4.69. The number of ketones is 1. The first kappa shape index (κ1) is 19.9. The van der Waals surface area contributed by atoms with E-state index in [2.05, 4.69) is 11.1 Å². The van der Waals surface area contributed by atoms with Crippen LogP contribution in [-0.2, 0) is 15.0 Å². The van der Waals surface area contributed by atoms with Gasteiger partial charge in [0.25, 0.3) is 0 Å². The molecule has 23 heavy (non-hydrogen) atoms. The Morgan fingerprint density at radius 2 is 2.04 bits per heavy atom. The molecule has 2 rings (SSSR count). The summed E-state index contributed by atoms with van der Waals surface area (Å²) in [4.78, 5) is 24.6. The second kappa shape index (κ2) is 9.26. The molecular formula is C17H24Cl2N2O2. The van der Waals surface area contributed by atoms with Crippen molar-refractivity contribution in [3.05, 3.63) is 34.9 Å². The lowest BCUT2D eigenvalue weighted by molar-refractivity contribution is -0.368. The lowest BCUT2D eigenvalue weighted by Gasteiger charge is -2.37. The van der Waals surface area contributed by atoms with Gasteiger partial charge in [-0.25, -0.2) is 0 Å². The zero-order chi connectivity index (χ0) is 16.0. The van der Waals surface area contributed by atoms with Crippen LogP contribution in [0, 0.1) is 0 Å². The highest BCUT2D eigenvalue weighted by Crippen LogP contribution is 2.39. The van der Waals surface area contributed by atoms with Crippen LogP contribution in [0.2, 0.25) is 5.02 Å². The topological polar surface area (TPSA) is 73.8 Å². The number of halogens is 2. The second-order valence-corrected chi connectivity index (χ2v) is 6.33. The van der Waals surface area contributed by atoms with E-state index in [-0.39, 0.29) is 24.1 Å². The molecule has 128 valence electrons. The number of carbonyl (C=O) groups excluding carboxylic acids is 2. The maximum Gasteiger partial charge on any atom is 0.220 e. The average molecular weight is 359 g/mol. The zero-order valence-electron chi connectivity index (χ0n) is 13.2. The highest BCUT2D eigenvalue weighted by molar-refractivity contribution is 6.31. The largest absolute Gasteiger partial charge is 1.00 e. The van der Waals surface area contributed by atoms with Crippen molar-refractivity contribution in [2.45, 2.75) is 43.9 Å². The summed E-state index contributed by atoms with van der Waals surface area (Å²) < 4.78 is 0. The molecule has 1 amide bonds. The Hall–Kier alpha value is -1.10. The summed E-state index contributed by atoms with van der Waals surface area (Å²) in [5.74, 6) is 0.165. The molecule has 1 aliphatic rings. The Bertz CT molecular complexity index is 551. The minimum Gasteiger partial charge on any atom is -1.00 e. The summed E-state index contributed by atoms with van der Waals surface area (Å²) in [7, 11) is 0. The van der Waals surface area contributed by atoms with Crippen LogP contribution < -0.4 is 23.5 Å². The molecule has 0 heterocycles. The van der Waals surface area contributed by atoms with Gasteiger partial charge >= 0.3 is 0 Å². The van der Waals surface area contributed by atoms with Crippen molar-refractivity contribution >= 4 is 23.3 Å². The van der Waals surface area contributed by atoms with Gasteiger partial charge in [0, 0.05) is 30.8 Å². The van der Waals surface area contributed by atoms with E-state index in [0.29, 0.717) is 24.4 Å². The summed E-state index contributed by atoms with van der Waals surface area (Å²) in [6, 6.07) is 7.48. The van der Waals surface area contributed by atoms with Crippen LogP contribution in [0.5, 0.6) is 0 Å². The molecule has 0 bridgehead atoms. The summed E-state index contributed by atoms with van der Waals surface area (Å²) in [6.45, 7) is 1.08. The van der Waals surface area contributed by atoms with E-state index in [1.807, 2.05) is 24.3 Å². The average Bonchev–Trinajstić information content (AvgIpc) is 2.53. The van der Waals surface area contributed by atoms with Crippen LogP contribution in [0.4, 0.5) is 0 Å². The molecule has 0 spiro atoms. The van der Waals surface area contributed by atoms with Gasteiger partial charge in [-0.2, -0.15) is 0 Å². The fourth-order valence-corrected chi connectivity index (χ4v) is 3.45. The van der Waals surface area contributed by atoms with Gasteiger partial charge in [-0.05, 0) is 24.5 Å². The molecule has 0 saturated heterocycles.